The van der Waals surface area contributed by atoms with Gasteiger partial charge in [-0.2, -0.15) is 0 Å². The first-order valence-corrected chi connectivity index (χ1v) is 4.34. The molecule has 2 N–H and O–H groups in total. The lowest BCUT2D eigenvalue weighted by molar-refractivity contribution is 0.590. The summed E-state index contributed by atoms with van der Waals surface area (Å²) in [5.41, 5.74) is 7.59. The van der Waals surface area contributed by atoms with Crippen LogP contribution in [0, 0.1) is 0 Å². The summed E-state index contributed by atoms with van der Waals surface area (Å²) in [5.74, 6) is 0. The van der Waals surface area contributed by atoms with E-state index in [1.165, 1.54) is 5.56 Å². The van der Waals surface area contributed by atoms with Crippen molar-refractivity contribution >= 4 is 17.3 Å². The largest absolute Gasteiger partial charge is 0.398 e. The van der Waals surface area contributed by atoms with E-state index in [0.29, 0.717) is 10.7 Å². The van der Waals surface area contributed by atoms with E-state index in [1.54, 1.807) is 0 Å². The van der Waals surface area contributed by atoms with E-state index < -0.39 is 0 Å². The number of rotatable bonds is 0. The van der Waals surface area contributed by atoms with E-state index in [4.69, 9.17) is 17.3 Å². The van der Waals surface area contributed by atoms with Gasteiger partial charge in [-0.3, -0.25) is 0 Å². The number of halogens is 1. The van der Waals surface area contributed by atoms with Crippen LogP contribution in [0.1, 0.15) is 26.3 Å². The zero-order valence-corrected chi connectivity index (χ0v) is 8.44. The van der Waals surface area contributed by atoms with Crippen LogP contribution in [-0.2, 0) is 5.41 Å². The van der Waals surface area contributed by atoms with Crippen molar-refractivity contribution in [1.82, 2.24) is 0 Å². The fourth-order valence-corrected chi connectivity index (χ4v) is 1.17. The number of nitrogens with two attached hydrogens (primary N) is 1. The van der Waals surface area contributed by atoms with Gasteiger partial charge in [-0.05, 0) is 23.1 Å². The zero-order valence-electron chi connectivity index (χ0n) is 7.69. The molecule has 0 fully saturated rings. The van der Waals surface area contributed by atoms with Crippen molar-refractivity contribution < 1.29 is 0 Å². The Morgan fingerprint density at radius 2 is 1.83 bits per heavy atom. The molecule has 2 heteroatoms. The summed E-state index contributed by atoms with van der Waals surface area (Å²) in [6.45, 7) is 6.44. The molecule has 0 unspecified atom stereocenters. The first kappa shape index (κ1) is 9.40. The maximum atomic E-state index is 5.89. The van der Waals surface area contributed by atoms with E-state index in [-0.39, 0.29) is 5.41 Å². The van der Waals surface area contributed by atoms with Crippen molar-refractivity contribution in [3.63, 3.8) is 0 Å². The van der Waals surface area contributed by atoms with Crippen LogP contribution < -0.4 is 5.73 Å². The maximum Gasteiger partial charge on any atom is 0.0638 e. The third kappa shape index (κ3) is 1.92. The van der Waals surface area contributed by atoms with Crippen molar-refractivity contribution in [3.8, 4) is 0 Å². The average molecular weight is 184 g/mol. The summed E-state index contributed by atoms with van der Waals surface area (Å²) in [5, 5.41) is 0.641. The quantitative estimate of drug-likeness (QED) is 0.615. The Labute approximate surface area is 78.5 Å². The van der Waals surface area contributed by atoms with E-state index in [9.17, 15) is 0 Å². The first-order valence-electron chi connectivity index (χ1n) is 3.97. The van der Waals surface area contributed by atoms with Gasteiger partial charge in [0.1, 0.15) is 0 Å². The van der Waals surface area contributed by atoms with Crippen molar-refractivity contribution in [2.24, 2.45) is 0 Å². The van der Waals surface area contributed by atoms with Crippen LogP contribution in [0.3, 0.4) is 0 Å². The molecule has 0 spiro atoms. The Hall–Kier alpha value is -0.690. The summed E-state index contributed by atoms with van der Waals surface area (Å²) in [7, 11) is 0. The molecular weight excluding hydrogens is 170 g/mol. The van der Waals surface area contributed by atoms with Crippen LogP contribution in [0.5, 0.6) is 0 Å². The predicted molar refractivity (Wildman–Crippen MR) is 54.6 cm³/mol. The van der Waals surface area contributed by atoms with Gasteiger partial charge in [-0.25, -0.2) is 0 Å². The Kier molecular flexibility index (Phi) is 2.34. The highest BCUT2D eigenvalue weighted by atomic mass is 35.5. The molecule has 0 aliphatic heterocycles. The number of nitrogen functional groups attached to an aromatic ring is 1. The number of benzene rings is 1. The Morgan fingerprint density at radius 1 is 1.25 bits per heavy atom. The molecule has 1 nitrogen and oxygen atoms in total. The summed E-state index contributed by atoms with van der Waals surface area (Å²) in [4.78, 5) is 0. The zero-order chi connectivity index (χ0) is 9.35. The van der Waals surface area contributed by atoms with Crippen LogP contribution in [0.2, 0.25) is 5.02 Å². The summed E-state index contributed by atoms with van der Waals surface area (Å²) >= 11 is 5.89. The third-order valence-electron chi connectivity index (χ3n) is 1.87. The third-order valence-corrected chi connectivity index (χ3v) is 2.19. The summed E-state index contributed by atoms with van der Waals surface area (Å²) in [6, 6.07) is 5.79. The van der Waals surface area contributed by atoms with E-state index in [1.807, 2.05) is 18.2 Å². The van der Waals surface area contributed by atoms with Crippen molar-refractivity contribution in [2.75, 3.05) is 5.73 Å². The van der Waals surface area contributed by atoms with Crippen LogP contribution in [-0.4, -0.2) is 0 Å². The minimum absolute atomic E-state index is 0.136. The highest BCUT2D eigenvalue weighted by Gasteiger charge is 2.13. The first-order chi connectivity index (χ1) is 5.41. The van der Waals surface area contributed by atoms with Crippen molar-refractivity contribution in [3.05, 3.63) is 28.8 Å². The van der Waals surface area contributed by atoms with E-state index >= 15 is 0 Å². The molecule has 0 bridgehead atoms. The molecule has 0 saturated heterocycles. The molecule has 0 saturated carbocycles. The SMILES string of the molecule is CC(C)(C)c1ccc(N)c(Cl)c1. The average Bonchev–Trinajstić information content (AvgIpc) is 1.92. The smallest absolute Gasteiger partial charge is 0.0638 e. The fraction of sp³-hybridized carbons (Fsp3) is 0.400. The van der Waals surface area contributed by atoms with Gasteiger partial charge in [0, 0.05) is 0 Å². The molecule has 0 heterocycles. The lowest BCUT2D eigenvalue weighted by Crippen LogP contribution is -2.10. The number of anilines is 1. The molecule has 0 radical (unpaired) electrons. The molecule has 0 aliphatic carbocycles. The van der Waals surface area contributed by atoms with Crippen molar-refractivity contribution in [1.29, 1.82) is 0 Å². The molecule has 1 rings (SSSR count). The van der Waals surface area contributed by atoms with Gasteiger partial charge in [0.05, 0.1) is 10.7 Å². The summed E-state index contributed by atoms with van der Waals surface area (Å²) in [6.07, 6.45) is 0. The minimum Gasteiger partial charge on any atom is -0.398 e. The Balaban J connectivity index is 3.14. The Morgan fingerprint density at radius 3 is 2.25 bits per heavy atom. The Bertz CT molecular complexity index is 286. The van der Waals surface area contributed by atoms with Gasteiger partial charge >= 0.3 is 0 Å². The molecular formula is C10H14ClN. The van der Waals surface area contributed by atoms with Crippen LogP contribution in [0.4, 0.5) is 5.69 Å². The predicted octanol–water partition coefficient (Wildman–Crippen LogP) is 3.22. The lowest BCUT2D eigenvalue weighted by atomic mass is 9.87. The molecule has 0 amide bonds. The maximum absolute atomic E-state index is 5.89. The second kappa shape index (κ2) is 2.98. The van der Waals surface area contributed by atoms with Crippen molar-refractivity contribution in [2.45, 2.75) is 26.2 Å². The highest BCUT2D eigenvalue weighted by Crippen LogP contribution is 2.27. The van der Waals surface area contributed by atoms with Gasteiger partial charge in [0.15, 0.2) is 0 Å². The summed E-state index contributed by atoms with van der Waals surface area (Å²) < 4.78 is 0. The monoisotopic (exact) mass is 183 g/mol. The van der Waals surface area contributed by atoms with Gasteiger partial charge < -0.3 is 5.73 Å². The standard InChI is InChI=1S/C10H14ClN/c1-10(2,3)7-4-5-9(12)8(11)6-7/h4-6H,12H2,1-3H3. The van der Waals surface area contributed by atoms with Gasteiger partial charge in [0.25, 0.3) is 0 Å². The molecule has 0 atom stereocenters. The van der Waals surface area contributed by atoms with Gasteiger partial charge in [-0.1, -0.05) is 38.4 Å². The number of hydrogen-bond donors (Lipinski definition) is 1. The molecule has 0 aliphatic rings. The van der Waals surface area contributed by atoms with Crippen LogP contribution in [0.15, 0.2) is 18.2 Å². The topological polar surface area (TPSA) is 26.0 Å². The lowest BCUT2D eigenvalue weighted by Gasteiger charge is -2.19. The second-order valence-electron chi connectivity index (χ2n) is 3.99. The molecule has 1 aromatic rings. The normalized spacial score (nSPS) is 11.7. The molecule has 66 valence electrons. The van der Waals surface area contributed by atoms with Gasteiger partial charge in [0.2, 0.25) is 0 Å². The highest BCUT2D eigenvalue weighted by molar-refractivity contribution is 6.33. The second-order valence-corrected chi connectivity index (χ2v) is 4.39. The fourth-order valence-electron chi connectivity index (χ4n) is 0.994. The molecule has 1 aromatic carbocycles. The molecule has 12 heavy (non-hydrogen) atoms. The van der Waals surface area contributed by atoms with E-state index in [2.05, 4.69) is 20.8 Å². The van der Waals surface area contributed by atoms with Crippen LogP contribution >= 0.6 is 11.6 Å². The van der Waals surface area contributed by atoms with Crippen LogP contribution in [0.25, 0.3) is 0 Å². The number of hydrogen-bond acceptors (Lipinski definition) is 1. The van der Waals surface area contributed by atoms with Gasteiger partial charge in [-0.15, -0.1) is 0 Å². The molecule has 0 aromatic heterocycles. The van der Waals surface area contributed by atoms with E-state index in [0.717, 1.165) is 0 Å². The minimum atomic E-state index is 0.136.